The number of hydrogen-bond donors (Lipinski definition) is 1. The lowest BCUT2D eigenvalue weighted by atomic mass is 9.98. The molecule has 0 bridgehead atoms. The van der Waals surface area contributed by atoms with E-state index in [0.29, 0.717) is 10.5 Å². The molecule has 1 heterocycles. The third-order valence-electron chi connectivity index (χ3n) is 4.01. The Balaban J connectivity index is 0.00000220. The molecule has 1 atom stereocenters. The van der Waals surface area contributed by atoms with E-state index in [9.17, 15) is 4.39 Å². The number of nitrogens with zero attached hydrogens (tertiary/aromatic N) is 1. The fraction of sp³-hybridized carbons (Fsp3) is 0.625. The van der Waals surface area contributed by atoms with Crippen LogP contribution in [-0.4, -0.2) is 31.1 Å². The van der Waals surface area contributed by atoms with Crippen molar-refractivity contribution in [3.8, 4) is 0 Å². The molecule has 2 nitrogen and oxygen atoms in total. The number of unbranched alkanes of at least 4 members (excludes halogenated alkanes) is 2. The minimum absolute atomic E-state index is 0. The second-order valence-corrected chi connectivity index (χ2v) is 6.23. The van der Waals surface area contributed by atoms with Gasteiger partial charge in [-0.15, -0.1) is 24.8 Å². The van der Waals surface area contributed by atoms with Crippen molar-refractivity contribution in [1.82, 2.24) is 10.2 Å². The summed E-state index contributed by atoms with van der Waals surface area (Å²) in [6, 6.07) is 5.73. The van der Waals surface area contributed by atoms with Crippen LogP contribution in [0.2, 0.25) is 0 Å². The maximum absolute atomic E-state index is 13.8. The summed E-state index contributed by atoms with van der Waals surface area (Å²) in [5.41, 5.74) is 1.10. The van der Waals surface area contributed by atoms with E-state index in [4.69, 9.17) is 0 Å². The fourth-order valence-corrected chi connectivity index (χ4v) is 3.42. The van der Waals surface area contributed by atoms with Crippen LogP contribution in [0.1, 0.15) is 44.2 Å². The topological polar surface area (TPSA) is 15.3 Å². The minimum atomic E-state index is -0.155. The van der Waals surface area contributed by atoms with Crippen LogP contribution in [0.4, 0.5) is 4.39 Å². The Kier molecular flexibility index (Phi) is 11.7. The smallest absolute Gasteiger partial charge is 0.137 e. The van der Waals surface area contributed by atoms with Crippen molar-refractivity contribution in [3.63, 3.8) is 0 Å². The summed E-state index contributed by atoms with van der Waals surface area (Å²) in [5.74, 6) is -0.155. The zero-order valence-corrected chi connectivity index (χ0v) is 16.2. The first-order valence-electron chi connectivity index (χ1n) is 7.62. The molecule has 0 spiro atoms. The van der Waals surface area contributed by atoms with Crippen molar-refractivity contribution >= 4 is 40.7 Å². The lowest BCUT2D eigenvalue weighted by Gasteiger charge is -2.36. The van der Waals surface area contributed by atoms with Crippen LogP contribution >= 0.6 is 40.7 Å². The van der Waals surface area contributed by atoms with E-state index in [1.807, 2.05) is 6.07 Å². The van der Waals surface area contributed by atoms with Crippen molar-refractivity contribution in [2.45, 2.75) is 38.6 Å². The summed E-state index contributed by atoms with van der Waals surface area (Å²) in [4.78, 5) is 2.49. The van der Waals surface area contributed by atoms with Gasteiger partial charge >= 0.3 is 0 Å². The van der Waals surface area contributed by atoms with Crippen LogP contribution in [0.3, 0.4) is 0 Å². The summed E-state index contributed by atoms with van der Waals surface area (Å²) in [7, 11) is 0. The number of benzene rings is 1. The first-order valence-corrected chi connectivity index (χ1v) is 8.42. The van der Waals surface area contributed by atoms with Gasteiger partial charge in [0.05, 0.1) is 4.47 Å². The molecule has 128 valence electrons. The van der Waals surface area contributed by atoms with Gasteiger partial charge in [0.2, 0.25) is 0 Å². The second kappa shape index (κ2) is 11.6. The molecule has 1 fully saturated rings. The number of hydrogen-bond acceptors (Lipinski definition) is 2. The molecule has 1 aromatic rings. The zero-order chi connectivity index (χ0) is 14.4. The molecule has 0 amide bonds. The third-order valence-corrected chi connectivity index (χ3v) is 4.85. The van der Waals surface area contributed by atoms with Gasteiger partial charge in [0, 0.05) is 32.2 Å². The molecule has 1 N–H and O–H groups in total. The van der Waals surface area contributed by atoms with Gasteiger partial charge in [-0.25, -0.2) is 4.39 Å². The number of rotatable bonds is 6. The Hall–Kier alpha value is 0.130. The molecule has 0 saturated carbocycles. The average Bonchev–Trinajstić information content (AvgIpc) is 2.48. The summed E-state index contributed by atoms with van der Waals surface area (Å²) in [5, 5.41) is 3.39. The fourth-order valence-electron chi connectivity index (χ4n) is 2.89. The largest absolute Gasteiger partial charge is 0.314 e. The van der Waals surface area contributed by atoms with E-state index >= 15 is 0 Å². The molecule has 1 saturated heterocycles. The summed E-state index contributed by atoms with van der Waals surface area (Å²) >= 11 is 3.44. The van der Waals surface area contributed by atoms with E-state index in [1.165, 1.54) is 25.3 Å². The Morgan fingerprint density at radius 2 is 1.91 bits per heavy atom. The van der Waals surface area contributed by atoms with E-state index in [1.54, 1.807) is 0 Å². The SMILES string of the molecule is CCCCC[C@H](c1cccc(F)c1Br)N1CCNCC1.Cl.Cl. The van der Waals surface area contributed by atoms with Gasteiger partial charge in [-0.1, -0.05) is 38.3 Å². The highest BCUT2D eigenvalue weighted by molar-refractivity contribution is 9.10. The summed E-state index contributed by atoms with van der Waals surface area (Å²) in [6.07, 6.45) is 4.78. The molecule has 0 aromatic heterocycles. The molecule has 1 aromatic carbocycles. The lowest BCUT2D eigenvalue weighted by Crippen LogP contribution is -2.45. The van der Waals surface area contributed by atoms with E-state index in [0.717, 1.165) is 38.2 Å². The molecule has 0 radical (unpaired) electrons. The van der Waals surface area contributed by atoms with Gasteiger partial charge in [-0.05, 0) is 34.0 Å². The van der Waals surface area contributed by atoms with E-state index < -0.39 is 0 Å². The highest BCUT2D eigenvalue weighted by atomic mass is 79.9. The highest BCUT2D eigenvalue weighted by Gasteiger charge is 2.24. The molecule has 0 unspecified atom stereocenters. The Labute approximate surface area is 154 Å². The maximum Gasteiger partial charge on any atom is 0.137 e. The Morgan fingerprint density at radius 3 is 2.55 bits per heavy atom. The van der Waals surface area contributed by atoms with Gasteiger partial charge in [0.15, 0.2) is 0 Å². The van der Waals surface area contributed by atoms with Crippen LogP contribution < -0.4 is 5.32 Å². The normalized spacial score (nSPS) is 16.5. The van der Waals surface area contributed by atoms with Crippen LogP contribution in [0.15, 0.2) is 22.7 Å². The summed E-state index contributed by atoms with van der Waals surface area (Å²) < 4.78 is 14.5. The van der Waals surface area contributed by atoms with E-state index in [2.05, 4.69) is 39.1 Å². The number of halogens is 4. The molecule has 2 rings (SSSR count). The van der Waals surface area contributed by atoms with Gasteiger partial charge < -0.3 is 5.32 Å². The van der Waals surface area contributed by atoms with Crippen LogP contribution in [0.5, 0.6) is 0 Å². The molecule has 0 aliphatic carbocycles. The molecule has 22 heavy (non-hydrogen) atoms. The minimum Gasteiger partial charge on any atom is -0.314 e. The molecular weight excluding hydrogens is 390 g/mol. The molecule has 1 aliphatic rings. The third kappa shape index (κ3) is 5.97. The lowest BCUT2D eigenvalue weighted by molar-refractivity contribution is 0.162. The van der Waals surface area contributed by atoms with Crippen LogP contribution in [0, 0.1) is 5.82 Å². The Morgan fingerprint density at radius 1 is 1.23 bits per heavy atom. The highest BCUT2D eigenvalue weighted by Crippen LogP contribution is 2.33. The van der Waals surface area contributed by atoms with Crippen molar-refractivity contribution in [3.05, 3.63) is 34.1 Å². The first kappa shape index (κ1) is 22.1. The second-order valence-electron chi connectivity index (χ2n) is 5.44. The van der Waals surface area contributed by atoms with Crippen molar-refractivity contribution in [1.29, 1.82) is 0 Å². The Bertz CT molecular complexity index is 429. The quantitative estimate of drug-likeness (QED) is 0.660. The summed E-state index contributed by atoms with van der Waals surface area (Å²) in [6.45, 7) is 6.35. The van der Waals surface area contributed by atoms with Crippen molar-refractivity contribution in [2.75, 3.05) is 26.2 Å². The monoisotopic (exact) mass is 414 g/mol. The van der Waals surface area contributed by atoms with Crippen LogP contribution in [-0.2, 0) is 0 Å². The van der Waals surface area contributed by atoms with Gasteiger partial charge in [0.25, 0.3) is 0 Å². The van der Waals surface area contributed by atoms with E-state index in [-0.39, 0.29) is 30.6 Å². The van der Waals surface area contributed by atoms with Gasteiger partial charge in [-0.2, -0.15) is 0 Å². The van der Waals surface area contributed by atoms with Crippen LogP contribution in [0.25, 0.3) is 0 Å². The number of piperazine rings is 1. The van der Waals surface area contributed by atoms with Gasteiger partial charge in [-0.3, -0.25) is 4.90 Å². The maximum atomic E-state index is 13.8. The predicted octanol–water partition coefficient (Wildman–Crippen LogP) is 4.96. The predicted molar refractivity (Wildman–Crippen MR) is 99.9 cm³/mol. The van der Waals surface area contributed by atoms with Gasteiger partial charge in [0.1, 0.15) is 5.82 Å². The molecule has 6 heteroatoms. The zero-order valence-electron chi connectivity index (χ0n) is 13.0. The molecule has 1 aliphatic heterocycles. The van der Waals surface area contributed by atoms with Crippen molar-refractivity contribution < 1.29 is 4.39 Å². The number of nitrogens with one attached hydrogen (secondary N) is 1. The van der Waals surface area contributed by atoms with Crippen molar-refractivity contribution in [2.24, 2.45) is 0 Å². The standard InChI is InChI=1S/C16H24BrFN2.2ClH/c1-2-3-4-8-15(20-11-9-19-10-12-20)13-6-5-7-14(18)16(13)17;;/h5-7,15,19H,2-4,8-12H2,1H3;2*1H/t15-;;/m1../s1. The average molecular weight is 416 g/mol. The first-order chi connectivity index (χ1) is 9.74. The molecular formula is C16H26BrCl2FN2.